The Morgan fingerprint density at radius 2 is 1.89 bits per heavy atom. The summed E-state index contributed by atoms with van der Waals surface area (Å²) in [5.41, 5.74) is 2.79. The van der Waals surface area contributed by atoms with Crippen LogP contribution in [0.5, 0.6) is 0 Å². The molecule has 0 atom stereocenters. The van der Waals surface area contributed by atoms with Crippen LogP contribution in [-0.4, -0.2) is 19.5 Å². The van der Waals surface area contributed by atoms with E-state index in [1.165, 1.54) is 4.57 Å². The fourth-order valence-corrected chi connectivity index (χ4v) is 1.91. The minimum atomic E-state index is -0.286. The van der Waals surface area contributed by atoms with Crippen LogP contribution in [0.25, 0.3) is 22.6 Å². The van der Waals surface area contributed by atoms with Crippen molar-refractivity contribution in [3.8, 4) is 11.4 Å². The van der Waals surface area contributed by atoms with Crippen molar-refractivity contribution in [2.45, 2.75) is 6.92 Å². The highest BCUT2D eigenvalue weighted by molar-refractivity contribution is 5.77. The molecule has 5 heteroatoms. The number of benzene rings is 1. The van der Waals surface area contributed by atoms with Crippen molar-refractivity contribution in [1.29, 1.82) is 0 Å². The third-order valence-electron chi connectivity index (χ3n) is 3.09. The Balaban J connectivity index is 2.30. The van der Waals surface area contributed by atoms with Gasteiger partial charge in [0.2, 0.25) is 0 Å². The van der Waals surface area contributed by atoms with E-state index in [9.17, 15) is 4.79 Å². The Hall–Kier alpha value is -2.43. The molecule has 0 bridgehead atoms. The lowest BCUT2D eigenvalue weighted by Gasteiger charge is -2.01. The highest BCUT2D eigenvalue weighted by atomic mass is 16.1. The van der Waals surface area contributed by atoms with Gasteiger partial charge < -0.3 is 4.98 Å². The number of hydrogen-bond donors (Lipinski definition) is 1. The van der Waals surface area contributed by atoms with Crippen molar-refractivity contribution in [2.24, 2.45) is 7.05 Å². The molecule has 0 saturated carbocycles. The van der Waals surface area contributed by atoms with E-state index < -0.39 is 0 Å². The minimum absolute atomic E-state index is 0.286. The summed E-state index contributed by atoms with van der Waals surface area (Å²) in [7, 11) is 1.70. The number of nitrogens with one attached hydrogen (secondary N) is 1. The summed E-state index contributed by atoms with van der Waals surface area (Å²) in [6.07, 6.45) is 0. The second-order valence-electron chi connectivity index (χ2n) is 4.19. The van der Waals surface area contributed by atoms with E-state index in [1.807, 2.05) is 37.3 Å². The number of imidazole rings is 1. The molecule has 0 saturated heterocycles. The standard InChI is InChI=1S/C13H12N4O/c1-8-10-12(16-13(18)17(8)2)15-11(14-10)9-6-4-3-5-7-9/h3-7H,1-2H3,(H,14,15,16,18). The first-order valence-electron chi connectivity index (χ1n) is 5.65. The van der Waals surface area contributed by atoms with Gasteiger partial charge in [0.05, 0.1) is 0 Å². The molecule has 18 heavy (non-hydrogen) atoms. The number of aryl methyl sites for hydroxylation is 1. The average Bonchev–Trinajstić information content (AvgIpc) is 2.81. The van der Waals surface area contributed by atoms with Gasteiger partial charge in [0.1, 0.15) is 11.3 Å². The number of rotatable bonds is 1. The highest BCUT2D eigenvalue weighted by Gasteiger charge is 2.11. The summed E-state index contributed by atoms with van der Waals surface area (Å²) in [5, 5.41) is 0. The number of nitrogens with zero attached hydrogens (tertiary/aromatic N) is 3. The lowest BCUT2D eigenvalue weighted by Crippen LogP contribution is -2.21. The Labute approximate surface area is 103 Å². The molecule has 0 fully saturated rings. The maximum atomic E-state index is 11.6. The molecule has 1 N–H and O–H groups in total. The first-order valence-corrected chi connectivity index (χ1v) is 5.65. The molecule has 0 radical (unpaired) electrons. The Morgan fingerprint density at radius 1 is 1.17 bits per heavy atom. The largest absolute Gasteiger partial charge is 0.349 e. The quantitative estimate of drug-likeness (QED) is 0.703. The number of H-pyrrole nitrogens is 1. The smallest absolute Gasteiger partial charge is 0.335 e. The topological polar surface area (TPSA) is 63.6 Å². The highest BCUT2D eigenvalue weighted by Crippen LogP contribution is 2.19. The third kappa shape index (κ3) is 1.52. The first kappa shape index (κ1) is 10.7. The van der Waals surface area contributed by atoms with Gasteiger partial charge in [-0.15, -0.1) is 0 Å². The van der Waals surface area contributed by atoms with Gasteiger partial charge in [-0.1, -0.05) is 30.3 Å². The zero-order valence-corrected chi connectivity index (χ0v) is 10.1. The van der Waals surface area contributed by atoms with Crippen molar-refractivity contribution in [2.75, 3.05) is 0 Å². The molecule has 0 aliphatic carbocycles. The number of aromatic nitrogens is 4. The van der Waals surface area contributed by atoms with Crippen LogP contribution < -0.4 is 5.69 Å². The van der Waals surface area contributed by atoms with Crippen LogP contribution in [0.3, 0.4) is 0 Å². The van der Waals surface area contributed by atoms with Crippen molar-refractivity contribution in [1.82, 2.24) is 19.5 Å². The van der Waals surface area contributed by atoms with E-state index >= 15 is 0 Å². The maximum Gasteiger partial charge on any atom is 0.349 e. The molecule has 2 heterocycles. The maximum absolute atomic E-state index is 11.6. The van der Waals surface area contributed by atoms with Crippen molar-refractivity contribution < 1.29 is 0 Å². The number of aromatic amines is 1. The molecule has 90 valence electrons. The van der Waals surface area contributed by atoms with Gasteiger partial charge in [-0.2, -0.15) is 4.98 Å². The van der Waals surface area contributed by atoms with Crippen LogP contribution in [0.4, 0.5) is 0 Å². The molecule has 0 amide bonds. The summed E-state index contributed by atoms with van der Waals surface area (Å²) in [6.45, 7) is 1.87. The number of fused-ring (bicyclic) bond motifs is 1. The van der Waals surface area contributed by atoms with Gasteiger partial charge in [-0.05, 0) is 6.92 Å². The minimum Gasteiger partial charge on any atom is -0.335 e. The average molecular weight is 240 g/mol. The molecular weight excluding hydrogens is 228 g/mol. The van der Waals surface area contributed by atoms with Gasteiger partial charge in [0.25, 0.3) is 0 Å². The Bertz CT molecular complexity index is 771. The molecule has 0 aliphatic rings. The van der Waals surface area contributed by atoms with Crippen LogP contribution in [0.2, 0.25) is 0 Å². The van der Waals surface area contributed by atoms with Crippen LogP contribution in [0.15, 0.2) is 35.1 Å². The molecule has 0 unspecified atom stereocenters. The second-order valence-corrected chi connectivity index (χ2v) is 4.19. The zero-order valence-electron chi connectivity index (χ0n) is 10.1. The van der Waals surface area contributed by atoms with Crippen molar-refractivity contribution >= 4 is 11.2 Å². The fourth-order valence-electron chi connectivity index (χ4n) is 1.91. The normalized spacial score (nSPS) is 11.0. The monoisotopic (exact) mass is 240 g/mol. The third-order valence-corrected chi connectivity index (χ3v) is 3.09. The summed E-state index contributed by atoms with van der Waals surface area (Å²) >= 11 is 0. The zero-order chi connectivity index (χ0) is 12.7. The van der Waals surface area contributed by atoms with E-state index in [0.717, 1.165) is 22.6 Å². The second kappa shape index (κ2) is 3.80. The molecule has 0 aliphatic heterocycles. The van der Waals surface area contributed by atoms with E-state index in [1.54, 1.807) is 7.05 Å². The molecule has 1 aromatic carbocycles. The van der Waals surface area contributed by atoms with Gasteiger partial charge in [-0.3, -0.25) is 4.57 Å². The van der Waals surface area contributed by atoms with E-state index in [2.05, 4.69) is 15.0 Å². The van der Waals surface area contributed by atoms with Gasteiger partial charge >= 0.3 is 5.69 Å². The Morgan fingerprint density at radius 3 is 2.61 bits per heavy atom. The summed E-state index contributed by atoms with van der Waals surface area (Å²) in [6, 6.07) is 9.77. The van der Waals surface area contributed by atoms with E-state index in [0.29, 0.717) is 5.65 Å². The van der Waals surface area contributed by atoms with Crippen molar-refractivity contribution in [3.63, 3.8) is 0 Å². The summed E-state index contributed by atoms with van der Waals surface area (Å²) in [5.74, 6) is 0.729. The predicted octanol–water partition coefficient (Wildman–Crippen LogP) is 1.63. The molecule has 2 aromatic heterocycles. The van der Waals surface area contributed by atoms with E-state index in [4.69, 9.17) is 0 Å². The SMILES string of the molecule is Cc1c2[nH]c(-c3ccccc3)nc2nc(=O)n1C. The predicted molar refractivity (Wildman–Crippen MR) is 69.3 cm³/mol. The lowest BCUT2D eigenvalue weighted by atomic mass is 10.2. The molecule has 3 aromatic rings. The van der Waals surface area contributed by atoms with Gasteiger partial charge in [-0.25, -0.2) is 9.78 Å². The van der Waals surface area contributed by atoms with E-state index in [-0.39, 0.29) is 5.69 Å². The lowest BCUT2D eigenvalue weighted by molar-refractivity contribution is 0.790. The van der Waals surface area contributed by atoms with Crippen LogP contribution >= 0.6 is 0 Å². The van der Waals surface area contributed by atoms with Crippen LogP contribution in [0.1, 0.15) is 5.69 Å². The summed E-state index contributed by atoms with van der Waals surface area (Å²) < 4.78 is 1.51. The molecular formula is C13H12N4O. The van der Waals surface area contributed by atoms with Crippen LogP contribution in [-0.2, 0) is 7.05 Å². The Kier molecular flexibility index (Phi) is 2.26. The van der Waals surface area contributed by atoms with Crippen LogP contribution in [0, 0.1) is 6.92 Å². The molecule has 0 spiro atoms. The van der Waals surface area contributed by atoms with Gasteiger partial charge in [0, 0.05) is 18.3 Å². The van der Waals surface area contributed by atoms with Crippen molar-refractivity contribution in [3.05, 3.63) is 46.5 Å². The van der Waals surface area contributed by atoms with Gasteiger partial charge in [0.15, 0.2) is 5.65 Å². The molecule has 3 rings (SSSR count). The first-order chi connectivity index (χ1) is 8.66. The molecule has 5 nitrogen and oxygen atoms in total. The fraction of sp³-hybridized carbons (Fsp3) is 0.154. The number of hydrogen-bond acceptors (Lipinski definition) is 3. The summed E-state index contributed by atoms with van der Waals surface area (Å²) in [4.78, 5) is 23.1.